The number of benzene rings is 7. The highest BCUT2D eigenvalue weighted by molar-refractivity contribution is 6.32. The fourth-order valence-corrected chi connectivity index (χ4v) is 29.2. The van der Waals surface area contributed by atoms with Crippen LogP contribution < -0.4 is 0 Å². The molecule has 810 valence electrons. The van der Waals surface area contributed by atoms with E-state index < -0.39 is 46.5 Å². The van der Waals surface area contributed by atoms with Crippen molar-refractivity contribution in [2.24, 2.45) is 101 Å². The van der Waals surface area contributed by atoms with Crippen molar-refractivity contribution in [3.8, 4) is 0 Å². The molecule has 0 radical (unpaired) electrons. The zero-order chi connectivity index (χ0) is 102. The van der Waals surface area contributed by atoms with Crippen molar-refractivity contribution >= 4 is 34.8 Å². The van der Waals surface area contributed by atoms with Crippen LogP contribution in [0.25, 0.3) is 0 Å². The van der Waals surface area contributed by atoms with Gasteiger partial charge in [0.1, 0.15) is 17.5 Å². The molecule has 0 saturated heterocycles. The van der Waals surface area contributed by atoms with Crippen molar-refractivity contribution in [1.82, 2.24) is 0 Å². The molecular weight excluding hydrogens is 1850 g/mol. The number of hydrogen-bond acceptors (Lipinski definition) is 0. The molecule has 0 N–H and O–H groups in total. The summed E-state index contributed by atoms with van der Waals surface area (Å²) in [4.78, 5) is 0. The van der Waals surface area contributed by atoms with Crippen molar-refractivity contribution < 1.29 is 65.4 Å². The Labute approximate surface area is 884 Å². The Bertz CT molecular complexity index is 4490. The Morgan fingerprint density at radius 1 is 0.148 bits per heavy atom. The van der Waals surface area contributed by atoms with Gasteiger partial charge in [-0.15, -0.1) is 0 Å². The molecule has 0 spiro atoms. The molecule has 0 unspecified atom stereocenters. The van der Waals surface area contributed by atoms with Gasteiger partial charge in [0.05, 0.1) is 15.1 Å². The largest absolute Gasteiger partial charge is 0.205 e. The summed E-state index contributed by atoms with van der Waals surface area (Å²) in [5.41, 5.74) is 9.06. The fourth-order valence-electron chi connectivity index (χ4n) is 28.3. The zero-order valence-electron chi connectivity index (χ0n) is 89.2. The molecule has 19 rings (SSSR count). The van der Waals surface area contributed by atoms with Crippen LogP contribution >= 0.6 is 34.8 Å². The van der Waals surface area contributed by atoms with Crippen LogP contribution in [-0.2, 0) is 0 Å². The SMILES string of the molecule is Cc1ccc(C2CCC(C)CC2)c(F)c1F.Cc1ccc(C2CCC(C)CC2)c(F)c1F.Cc1ccc(C2CCC(C3CCC(C)CC3)CC2)c(Cl)c1F.Cc1ccc(C2CCC(C3CCC(C)CC3)CC2)c(Cl)c1F.Cc1ccc(C2CCC(C3CCC(C)CC3)CC2)c(F)c1Cl.Cc1ccc(C2CCC(C3CCC(C)CC3)CC2)c(F)c1F.Cc1ccc(C2CCC(C3CCC(C)CC3)CC2)c(F)c1F.[HH].[HH].[HH].[HH].[HH].[HH].[HH].[HH].[HH].[HH].[HH].[HH]. The van der Waals surface area contributed by atoms with Crippen LogP contribution in [0.2, 0.25) is 15.1 Å². The normalized spacial score (nSPS) is 31.3. The quantitative estimate of drug-likeness (QED) is 0.107. The minimum absolute atomic E-state index is 0. The third-order valence-electron chi connectivity index (χ3n) is 38.7. The molecule has 0 nitrogen and oxygen atoms in total. The van der Waals surface area contributed by atoms with Gasteiger partial charge in [0, 0.05) is 17.1 Å². The van der Waals surface area contributed by atoms with Gasteiger partial charge in [-0.3, -0.25) is 0 Å². The summed E-state index contributed by atoms with van der Waals surface area (Å²) in [5, 5.41) is 1.06. The monoisotopic (exact) mass is 2050 g/mol. The molecule has 12 saturated carbocycles. The van der Waals surface area contributed by atoms with Crippen molar-refractivity contribution in [2.45, 2.75) is 447 Å². The molecule has 12 aliphatic rings. The fraction of sp³-hybridized carbons (Fsp3) is 0.672. The minimum Gasteiger partial charge on any atom is -0.205 e. The van der Waals surface area contributed by atoms with Crippen LogP contribution in [0.1, 0.15) is 493 Å². The summed E-state index contributed by atoms with van der Waals surface area (Å²) in [6, 6.07) is 25.7. The van der Waals surface area contributed by atoms with Crippen molar-refractivity contribution in [3.05, 3.63) is 242 Å². The van der Waals surface area contributed by atoms with Gasteiger partial charge in [0.2, 0.25) is 0 Å². The third-order valence-corrected chi connectivity index (χ3v) is 40.0. The van der Waals surface area contributed by atoms with Crippen LogP contribution in [0.15, 0.2) is 84.9 Å². The van der Waals surface area contributed by atoms with Gasteiger partial charge in [-0.25, -0.2) is 48.3 Å². The summed E-state index contributed by atoms with van der Waals surface area (Å²) in [6.45, 7) is 28.2. The standard InChI is InChI=1S/3C20H28ClF.2C20H28F2.2C14H18F2.12H2/c2*1-13-3-6-15(7-4-13)16-8-10-17(11-9-16)18-12-5-14(2)20(22)19(18)21;3*1-13-3-6-15(7-4-13)16-8-10-17(11-9-16)18-12-5-14(2)19(21)20(18)22;2*1-9-3-6-11(7-4-9)12-8-5-10(2)13(15)14(12)16;;;;;;;;;;;;/h5*5,12-13,15-17H,3-4,6-11H2,1-2H3;2*5,8-9,11H,3-4,6-7H2,1-2H3;12*1H. The van der Waals surface area contributed by atoms with Gasteiger partial charge in [-0.2, -0.15) is 0 Å². The summed E-state index contributed by atoms with van der Waals surface area (Å²) < 4.78 is 153. The van der Waals surface area contributed by atoms with E-state index in [-0.39, 0.29) is 58.2 Å². The summed E-state index contributed by atoms with van der Waals surface area (Å²) in [6.07, 6.45) is 60.1. The number of rotatable bonds is 12. The second-order valence-corrected chi connectivity index (χ2v) is 49.9. The minimum atomic E-state index is -0.670. The molecule has 12 fully saturated rings. The second-order valence-electron chi connectivity index (χ2n) is 48.8. The zero-order valence-corrected chi connectivity index (χ0v) is 91.4. The topological polar surface area (TPSA) is 0 Å². The molecular formula is C128H200Cl3F11. The van der Waals surface area contributed by atoms with Gasteiger partial charge in [0.25, 0.3) is 0 Å². The highest BCUT2D eigenvalue weighted by Gasteiger charge is 2.40. The lowest BCUT2D eigenvalue weighted by Gasteiger charge is -2.37. The van der Waals surface area contributed by atoms with Crippen LogP contribution in [0.4, 0.5) is 48.3 Å². The van der Waals surface area contributed by atoms with E-state index in [1.165, 1.54) is 218 Å². The molecule has 0 aromatic heterocycles. The maximum Gasteiger partial charge on any atom is 0.162 e. The van der Waals surface area contributed by atoms with Gasteiger partial charge < -0.3 is 0 Å². The van der Waals surface area contributed by atoms with E-state index in [1.807, 2.05) is 43.3 Å². The highest BCUT2D eigenvalue weighted by atomic mass is 35.5. The second kappa shape index (κ2) is 54.4. The predicted octanol–water partition coefficient (Wildman–Crippen LogP) is 45.5. The van der Waals surface area contributed by atoms with Crippen LogP contribution in [0.5, 0.6) is 0 Å². The molecule has 0 amide bonds. The summed E-state index contributed by atoms with van der Waals surface area (Å²) >= 11 is 18.6. The molecule has 12 aliphatic carbocycles. The molecule has 142 heavy (non-hydrogen) atoms. The summed E-state index contributed by atoms with van der Waals surface area (Å²) in [7, 11) is 0. The maximum absolute atomic E-state index is 14.4. The predicted molar refractivity (Wildman–Crippen MR) is 598 cm³/mol. The molecule has 0 bridgehead atoms. The van der Waals surface area contributed by atoms with E-state index in [9.17, 15) is 48.3 Å². The lowest BCUT2D eigenvalue weighted by Crippen LogP contribution is -2.25. The van der Waals surface area contributed by atoms with Crippen molar-refractivity contribution in [3.63, 3.8) is 0 Å². The van der Waals surface area contributed by atoms with E-state index in [1.54, 1.807) is 90.1 Å². The van der Waals surface area contributed by atoms with Gasteiger partial charge >= 0.3 is 0 Å². The van der Waals surface area contributed by atoms with E-state index >= 15 is 0 Å². The lowest BCUT2D eigenvalue weighted by atomic mass is 9.68. The van der Waals surface area contributed by atoms with E-state index in [0.717, 1.165) is 213 Å². The molecule has 0 atom stereocenters. The van der Waals surface area contributed by atoms with Gasteiger partial charge in [0.15, 0.2) is 46.5 Å². The van der Waals surface area contributed by atoms with Crippen molar-refractivity contribution in [2.75, 3.05) is 0 Å². The average Bonchev–Trinajstić information content (AvgIpc) is 0.794. The maximum atomic E-state index is 14.4. The first-order valence-corrected chi connectivity index (χ1v) is 58.2. The van der Waals surface area contributed by atoms with Gasteiger partial charge in [-0.05, 0) is 487 Å². The Hall–Kier alpha value is -5.36. The van der Waals surface area contributed by atoms with E-state index in [4.69, 9.17) is 34.8 Å². The first kappa shape index (κ1) is 114. The average molecular weight is 2050 g/mol. The van der Waals surface area contributed by atoms with E-state index in [2.05, 4.69) is 48.5 Å². The smallest absolute Gasteiger partial charge is 0.162 e. The number of aryl methyl sites for hydroxylation is 7. The number of hydrogen-bond donors (Lipinski definition) is 0. The Morgan fingerprint density at radius 3 is 0.458 bits per heavy atom. The molecule has 7 aromatic carbocycles. The Morgan fingerprint density at radius 2 is 0.275 bits per heavy atom. The summed E-state index contributed by atoms with van der Waals surface area (Å²) in [5.74, 6) is 11.4. The third kappa shape index (κ3) is 30.3. The molecule has 0 heterocycles. The highest BCUT2D eigenvalue weighted by Crippen LogP contribution is 2.53. The van der Waals surface area contributed by atoms with Crippen LogP contribution in [0, 0.1) is 213 Å². The van der Waals surface area contributed by atoms with Crippen molar-refractivity contribution in [1.29, 1.82) is 0 Å². The molecule has 0 aliphatic heterocycles. The lowest BCUT2D eigenvalue weighted by molar-refractivity contribution is 0.164. The first-order valence-electron chi connectivity index (χ1n) is 57.1. The Balaban J connectivity index is 0.000000890. The molecule has 14 heteroatoms. The molecule has 7 aromatic rings. The van der Waals surface area contributed by atoms with Gasteiger partial charge in [-0.1, -0.05) is 258 Å². The first-order chi connectivity index (χ1) is 68.0. The van der Waals surface area contributed by atoms with Crippen LogP contribution in [-0.4, -0.2) is 0 Å². The van der Waals surface area contributed by atoms with E-state index in [0.29, 0.717) is 88.5 Å². The number of halogens is 14. The van der Waals surface area contributed by atoms with Crippen LogP contribution in [0.3, 0.4) is 0 Å². The Kier molecular flexibility index (Phi) is 43.6.